The van der Waals surface area contributed by atoms with Gasteiger partial charge in [0.15, 0.2) is 0 Å². The Morgan fingerprint density at radius 1 is 1.29 bits per heavy atom. The Bertz CT molecular complexity index is 423. The molecule has 0 aliphatic carbocycles. The van der Waals surface area contributed by atoms with Crippen molar-refractivity contribution >= 4 is 11.7 Å². The maximum atomic E-state index is 12.4. The first-order valence-corrected chi connectivity index (χ1v) is 6.96. The van der Waals surface area contributed by atoms with E-state index < -0.39 is 0 Å². The van der Waals surface area contributed by atoms with E-state index >= 15 is 0 Å². The third kappa shape index (κ3) is 5.71. The first kappa shape index (κ1) is 17.4. The Morgan fingerprint density at radius 3 is 2.48 bits per heavy atom. The van der Waals surface area contributed by atoms with Crippen molar-refractivity contribution in [1.82, 2.24) is 4.90 Å². The fourth-order valence-electron chi connectivity index (χ4n) is 1.96. The van der Waals surface area contributed by atoms with E-state index in [-0.39, 0.29) is 12.1 Å². The van der Waals surface area contributed by atoms with Crippen LogP contribution in [-0.4, -0.2) is 51.0 Å². The maximum Gasteiger partial charge on any atom is 0.322 e. The van der Waals surface area contributed by atoms with Crippen LogP contribution in [0.15, 0.2) is 24.3 Å². The van der Waals surface area contributed by atoms with Crippen molar-refractivity contribution in [3.05, 3.63) is 29.8 Å². The van der Waals surface area contributed by atoms with Gasteiger partial charge in [0.2, 0.25) is 0 Å². The average molecular weight is 295 g/mol. The van der Waals surface area contributed by atoms with Gasteiger partial charge in [-0.15, -0.1) is 0 Å². The lowest BCUT2D eigenvalue weighted by Crippen LogP contribution is -2.45. The van der Waals surface area contributed by atoms with E-state index in [2.05, 4.69) is 5.32 Å². The van der Waals surface area contributed by atoms with Gasteiger partial charge < -0.3 is 25.4 Å². The summed E-state index contributed by atoms with van der Waals surface area (Å²) in [6.45, 7) is 3.89. The number of nitrogens with zero attached hydrogens (tertiary/aromatic N) is 1. The van der Waals surface area contributed by atoms with Crippen LogP contribution in [0.25, 0.3) is 0 Å². The second-order valence-corrected chi connectivity index (χ2v) is 4.82. The number of urea groups is 1. The summed E-state index contributed by atoms with van der Waals surface area (Å²) in [5.41, 5.74) is 7.32. The predicted octanol–water partition coefficient (Wildman–Crippen LogP) is 1.66. The molecule has 0 saturated carbocycles. The molecule has 118 valence electrons. The largest absolute Gasteiger partial charge is 0.383 e. The molecule has 0 aliphatic rings. The number of hydrogen-bond donors (Lipinski definition) is 2. The fourth-order valence-corrected chi connectivity index (χ4v) is 1.96. The highest BCUT2D eigenvalue weighted by Crippen LogP contribution is 2.11. The molecule has 1 unspecified atom stereocenters. The molecular weight excluding hydrogens is 270 g/mol. The van der Waals surface area contributed by atoms with Crippen LogP contribution in [0.3, 0.4) is 0 Å². The number of methoxy groups -OCH3 is 2. The molecule has 1 aromatic carbocycles. The number of ether oxygens (including phenoxy) is 2. The zero-order chi connectivity index (χ0) is 15.7. The smallest absolute Gasteiger partial charge is 0.322 e. The van der Waals surface area contributed by atoms with Crippen molar-refractivity contribution in [2.75, 3.05) is 39.3 Å². The minimum Gasteiger partial charge on any atom is -0.383 e. The number of anilines is 1. The number of amides is 2. The van der Waals surface area contributed by atoms with Crippen molar-refractivity contribution in [3.8, 4) is 0 Å². The van der Waals surface area contributed by atoms with Gasteiger partial charge in [0.05, 0.1) is 19.3 Å². The fraction of sp³-hybridized carbons (Fsp3) is 0.533. The summed E-state index contributed by atoms with van der Waals surface area (Å²) in [5, 5.41) is 2.88. The third-order valence-corrected chi connectivity index (χ3v) is 3.18. The Balaban J connectivity index is 2.69. The molecule has 1 atom stereocenters. The molecule has 0 aliphatic heterocycles. The molecule has 6 heteroatoms. The van der Waals surface area contributed by atoms with Gasteiger partial charge in [-0.05, 0) is 24.6 Å². The van der Waals surface area contributed by atoms with Crippen LogP contribution in [0.5, 0.6) is 0 Å². The van der Waals surface area contributed by atoms with Gasteiger partial charge in [0, 0.05) is 33.0 Å². The lowest BCUT2D eigenvalue weighted by Gasteiger charge is -2.28. The molecule has 0 spiro atoms. The van der Waals surface area contributed by atoms with Gasteiger partial charge in [-0.25, -0.2) is 4.79 Å². The second kappa shape index (κ2) is 9.33. The number of carbonyl (C=O) groups is 1. The normalized spacial score (nSPS) is 12.0. The zero-order valence-corrected chi connectivity index (χ0v) is 13.0. The Morgan fingerprint density at radius 2 is 1.95 bits per heavy atom. The van der Waals surface area contributed by atoms with Crippen molar-refractivity contribution in [1.29, 1.82) is 0 Å². The number of nitrogens with one attached hydrogen (secondary N) is 1. The Kier molecular flexibility index (Phi) is 7.74. The number of benzene rings is 1. The molecule has 21 heavy (non-hydrogen) atoms. The van der Waals surface area contributed by atoms with E-state index in [1.165, 1.54) is 0 Å². The van der Waals surface area contributed by atoms with Crippen LogP contribution in [-0.2, 0) is 16.0 Å². The molecule has 1 aromatic rings. The van der Waals surface area contributed by atoms with Gasteiger partial charge in [-0.1, -0.05) is 12.1 Å². The number of carbonyl (C=O) groups excluding carboxylic acids is 1. The highest BCUT2D eigenvalue weighted by Gasteiger charge is 2.19. The minimum absolute atomic E-state index is 0.0338. The molecule has 0 radical (unpaired) electrons. The molecule has 0 aromatic heterocycles. The molecule has 0 heterocycles. The first-order valence-electron chi connectivity index (χ1n) is 6.96. The summed E-state index contributed by atoms with van der Waals surface area (Å²) in [5.74, 6) is 0. The lowest BCUT2D eigenvalue weighted by atomic mass is 10.2. The molecular formula is C15H25N3O3. The zero-order valence-electron chi connectivity index (χ0n) is 13.0. The van der Waals surface area contributed by atoms with Crippen molar-refractivity contribution in [2.24, 2.45) is 5.73 Å². The molecule has 2 amide bonds. The molecule has 1 rings (SSSR count). The Labute approximate surface area is 126 Å². The lowest BCUT2D eigenvalue weighted by molar-refractivity contribution is 0.0953. The quantitative estimate of drug-likeness (QED) is 0.764. The topological polar surface area (TPSA) is 76.8 Å². The third-order valence-electron chi connectivity index (χ3n) is 3.18. The van der Waals surface area contributed by atoms with Gasteiger partial charge in [0.25, 0.3) is 0 Å². The Hall–Kier alpha value is -1.63. The van der Waals surface area contributed by atoms with Crippen LogP contribution in [0, 0.1) is 0 Å². The molecule has 0 bridgehead atoms. The van der Waals surface area contributed by atoms with E-state index in [1.54, 1.807) is 19.1 Å². The van der Waals surface area contributed by atoms with E-state index in [4.69, 9.17) is 15.2 Å². The predicted molar refractivity (Wildman–Crippen MR) is 83.3 cm³/mol. The SMILES string of the molecule is COCCN(C(=O)Nc1ccc(CN)cc1)C(C)COC. The second-order valence-electron chi connectivity index (χ2n) is 4.82. The standard InChI is InChI=1S/C15H25N3O3/c1-12(11-21-3)18(8-9-20-2)15(19)17-14-6-4-13(10-16)5-7-14/h4-7,12H,8-11,16H2,1-3H3,(H,17,19). The van der Waals surface area contributed by atoms with Gasteiger partial charge in [0.1, 0.15) is 0 Å². The molecule has 6 nitrogen and oxygen atoms in total. The van der Waals surface area contributed by atoms with Crippen LogP contribution in [0.2, 0.25) is 0 Å². The van der Waals surface area contributed by atoms with E-state index in [9.17, 15) is 4.79 Å². The van der Waals surface area contributed by atoms with E-state index in [0.717, 1.165) is 11.3 Å². The van der Waals surface area contributed by atoms with Gasteiger partial charge in [-0.3, -0.25) is 0 Å². The van der Waals surface area contributed by atoms with Crippen LogP contribution >= 0.6 is 0 Å². The summed E-state index contributed by atoms with van der Waals surface area (Å²) in [6, 6.07) is 7.28. The van der Waals surface area contributed by atoms with Crippen molar-refractivity contribution in [3.63, 3.8) is 0 Å². The summed E-state index contributed by atoms with van der Waals surface area (Å²) < 4.78 is 10.2. The summed E-state index contributed by atoms with van der Waals surface area (Å²) in [4.78, 5) is 14.1. The van der Waals surface area contributed by atoms with E-state index in [1.807, 2.05) is 31.2 Å². The minimum atomic E-state index is -0.169. The molecule has 0 saturated heterocycles. The van der Waals surface area contributed by atoms with Gasteiger partial charge >= 0.3 is 6.03 Å². The summed E-state index contributed by atoms with van der Waals surface area (Å²) >= 11 is 0. The monoisotopic (exact) mass is 295 g/mol. The number of nitrogens with two attached hydrogens (primary N) is 1. The van der Waals surface area contributed by atoms with Crippen molar-refractivity contribution < 1.29 is 14.3 Å². The van der Waals surface area contributed by atoms with Crippen LogP contribution in [0.4, 0.5) is 10.5 Å². The maximum absolute atomic E-state index is 12.4. The number of hydrogen-bond acceptors (Lipinski definition) is 4. The van der Waals surface area contributed by atoms with Crippen LogP contribution < -0.4 is 11.1 Å². The summed E-state index contributed by atoms with van der Waals surface area (Å²) in [7, 11) is 3.23. The average Bonchev–Trinajstić information content (AvgIpc) is 2.48. The summed E-state index contributed by atoms with van der Waals surface area (Å²) in [6.07, 6.45) is 0. The molecule has 0 fully saturated rings. The number of rotatable bonds is 8. The van der Waals surface area contributed by atoms with Crippen LogP contribution in [0.1, 0.15) is 12.5 Å². The highest BCUT2D eigenvalue weighted by molar-refractivity contribution is 5.89. The van der Waals surface area contributed by atoms with E-state index in [0.29, 0.717) is 26.3 Å². The van der Waals surface area contributed by atoms with Gasteiger partial charge in [-0.2, -0.15) is 0 Å². The molecule has 3 N–H and O–H groups in total. The van der Waals surface area contributed by atoms with Crippen molar-refractivity contribution in [2.45, 2.75) is 19.5 Å². The first-order chi connectivity index (χ1) is 10.1. The highest BCUT2D eigenvalue weighted by atomic mass is 16.5.